The molecule has 1 aliphatic rings. The fourth-order valence-corrected chi connectivity index (χ4v) is 2.51. The maximum atomic E-state index is 12.2. The molecule has 23 heavy (non-hydrogen) atoms. The standard InChI is InChI=1S/C16H28N4O3/c1-9(2)7-12(8-21)17-16(22)18-13(10(3)4)15-19-14(20-23-15)11-5-6-11/h9-13,21H,5-8H2,1-4H3,(H2,17,18,22). The molecule has 0 aliphatic heterocycles. The molecule has 0 radical (unpaired) electrons. The number of carbonyl (C=O) groups is 1. The van der Waals surface area contributed by atoms with E-state index in [9.17, 15) is 9.90 Å². The predicted octanol–water partition coefficient (Wildman–Crippen LogP) is 2.35. The molecule has 1 aromatic heterocycles. The maximum absolute atomic E-state index is 12.2. The summed E-state index contributed by atoms with van der Waals surface area (Å²) in [4.78, 5) is 16.6. The summed E-state index contributed by atoms with van der Waals surface area (Å²) >= 11 is 0. The number of aliphatic hydroxyl groups is 1. The van der Waals surface area contributed by atoms with Crippen LogP contribution in [0.5, 0.6) is 0 Å². The molecule has 2 amide bonds. The number of aliphatic hydroxyl groups excluding tert-OH is 1. The van der Waals surface area contributed by atoms with E-state index in [0.29, 0.717) is 17.7 Å². The molecule has 0 saturated heterocycles. The monoisotopic (exact) mass is 324 g/mol. The topological polar surface area (TPSA) is 100 Å². The van der Waals surface area contributed by atoms with Gasteiger partial charge in [-0.25, -0.2) is 4.79 Å². The zero-order chi connectivity index (χ0) is 17.0. The fourth-order valence-electron chi connectivity index (χ4n) is 2.51. The minimum Gasteiger partial charge on any atom is -0.394 e. The van der Waals surface area contributed by atoms with Crippen LogP contribution in [-0.2, 0) is 0 Å². The van der Waals surface area contributed by atoms with Crippen LogP contribution < -0.4 is 10.6 Å². The van der Waals surface area contributed by atoms with Gasteiger partial charge in [-0.1, -0.05) is 32.9 Å². The van der Waals surface area contributed by atoms with Crippen LogP contribution in [0.4, 0.5) is 4.79 Å². The summed E-state index contributed by atoms with van der Waals surface area (Å²) in [6.07, 6.45) is 2.93. The van der Waals surface area contributed by atoms with Crippen LogP contribution in [0.1, 0.15) is 70.6 Å². The fraction of sp³-hybridized carbons (Fsp3) is 0.812. The molecule has 1 fully saturated rings. The van der Waals surface area contributed by atoms with Crippen molar-refractivity contribution in [1.29, 1.82) is 0 Å². The second kappa shape index (κ2) is 7.77. The highest BCUT2D eigenvalue weighted by atomic mass is 16.5. The Labute approximate surface area is 137 Å². The van der Waals surface area contributed by atoms with E-state index in [2.05, 4.69) is 34.6 Å². The van der Waals surface area contributed by atoms with Crippen LogP contribution in [0.2, 0.25) is 0 Å². The number of nitrogens with zero attached hydrogens (tertiary/aromatic N) is 2. The van der Waals surface area contributed by atoms with Gasteiger partial charge in [0.25, 0.3) is 0 Å². The Morgan fingerprint density at radius 3 is 2.52 bits per heavy atom. The SMILES string of the molecule is CC(C)CC(CO)NC(=O)NC(c1nc(C2CC2)no1)C(C)C. The van der Waals surface area contributed by atoms with Gasteiger partial charge in [-0.05, 0) is 31.1 Å². The molecule has 130 valence electrons. The third-order valence-electron chi connectivity index (χ3n) is 3.93. The molecule has 1 aliphatic carbocycles. The van der Waals surface area contributed by atoms with Gasteiger partial charge in [0.1, 0.15) is 6.04 Å². The van der Waals surface area contributed by atoms with E-state index in [1.54, 1.807) is 0 Å². The summed E-state index contributed by atoms with van der Waals surface area (Å²) in [7, 11) is 0. The minimum atomic E-state index is -0.339. The Bertz CT molecular complexity index is 511. The van der Waals surface area contributed by atoms with Crippen molar-refractivity contribution in [2.24, 2.45) is 11.8 Å². The number of nitrogens with one attached hydrogen (secondary N) is 2. The van der Waals surface area contributed by atoms with E-state index in [1.165, 1.54) is 0 Å². The molecule has 1 saturated carbocycles. The molecule has 7 nitrogen and oxygen atoms in total. The van der Waals surface area contributed by atoms with Gasteiger partial charge >= 0.3 is 6.03 Å². The molecule has 0 spiro atoms. The molecule has 7 heteroatoms. The van der Waals surface area contributed by atoms with Gasteiger partial charge in [0.05, 0.1) is 12.6 Å². The van der Waals surface area contributed by atoms with Gasteiger partial charge in [-0.15, -0.1) is 0 Å². The highest BCUT2D eigenvalue weighted by molar-refractivity contribution is 5.74. The summed E-state index contributed by atoms with van der Waals surface area (Å²) in [6, 6.07) is -0.921. The Balaban J connectivity index is 1.96. The van der Waals surface area contributed by atoms with Crippen LogP contribution >= 0.6 is 0 Å². The number of hydrogen-bond acceptors (Lipinski definition) is 5. The summed E-state index contributed by atoms with van der Waals surface area (Å²) in [5.74, 6) is 2.11. The lowest BCUT2D eigenvalue weighted by atomic mass is 10.0. The lowest BCUT2D eigenvalue weighted by Crippen LogP contribution is -2.46. The molecule has 3 N–H and O–H groups in total. The van der Waals surface area contributed by atoms with Crippen molar-refractivity contribution in [1.82, 2.24) is 20.8 Å². The number of amides is 2. The van der Waals surface area contributed by atoms with E-state index in [4.69, 9.17) is 4.52 Å². The molecular weight excluding hydrogens is 296 g/mol. The highest BCUT2D eigenvalue weighted by Crippen LogP contribution is 2.38. The molecule has 2 unspecified atom stereocenters. The Morgan fingerprint density at radius 2 is 2.00 bits per heavy atom. The van der Waals surface area contributed by atoms with Crippen LogP contribution in [0, 0.1) is 11.8 Å². The van der Waals surface area contributed by atoms with Crippen molar-refractivity contribution in [3.05, 3.63) is 11.7 Å². The van der Waals surface area contributed by atoms with Crippen molar-refractivity contribution in [3.8, 4) is 0 Å². The van der Waals surface area contributed by atoms with E-state index in [-0.39, 0.29) is 30.6 Å². The first-order valence-electron chi connectivity index (χ1n) is 8.42. The molecular formula is C16H28N4O3. The smallest absolute Gasteiger partial charge is 0.315 e. The van der Waals surface area contributed by atoms with Crippen LogP contribution in [0.15, 0.2) is 4.52 Å². The van der Waals surface area contributed by atoms with Gasteiger partial charge in [0.15, 0.2) is 5.82 Å². The number of urea groups is 1. The van der Waals surface area contributed by atoms with Gasteiger partial charge < -0.3 is 20.3 Å². The van der Waals surface area contributed by atoms with Crippen LogP contribution in [0.3, 0.4) is 0 Å². The largest absolute Gasteiger partial charge is 0.394 e. The maximum Gasteiger partial charge on any atom is 0.315 e. The molecule has 1 heterocycles. The predicted molar refractivity (Wildman–Crippen MR) is 85.8 cm³/mol. The molecule has 0 aromatic carbocycles. The first-order valence-corrected chi connectivity index (χ1v) is 8.42. The van der Waals surface area contributed by atoms with E-state index >= 15 is 0 Å². The Morgan fingerprint density at radius 1 is 1.30 bits per heavy atom. The van der Waals surface area contributed by atoms with Crippen molar-refractivity contribution >= 4 is 6.03 Å². The molecule has 2 rings (SSSR count). The summed E-state index contributed by atoms with van der Waals surface area (Å²) in [5.41, 5.74) is 0. The summed E-state index contributed by atoms with van der Waals surface area (Å²) in [5, 5.41) is 19.1. The second-order valence-corrected chi connectivity index (χ2v) is 7.11. The number of hydrogen-bond donors (Lipinski definition) is 3. The molecule has 1 aromatic rings. The molecule has 0 bridgehead atoms. The van der Waals surface area contributed by atoms with E-state index in [0.717, 1.165) is 25.1 Å². The number of rotatable bonds is 8. The Kier molecular flexibility index (Phi) is 5.98. The van der Waals surface area contributed by atoms with Crippen molar-refractivity contribution < 1.29 is 14.4 Å². The van der Waals surface area contributed by atoms with Gasteiger partial charge in [-0.3, -0.25) is 0 Å². The average Bonchev–Trinajstić information content (AvgIpc) is 3.21. The van der Waals surface area contributed by atoms with E-state index in [1.807, 2.05) is 13.8 Å². The lowest BCUT2D eigenvalue weighted by molar-refractivity contribution is 0.198. The second-order valence-electron chi connectivity index (χ2n) is 7.11. The third kappa shape index (κ3) is 5.20. The number of aromatic nitrogens is 2. The van der Waals surface area contributed by atoms with Crippen molar-refractivity contribution in [2.75, 3.05) is 6.61 Å². The normalized spacial score (nSPS) is 17.3. The summed E-state index contributed by atoms with van der Waals surface area (Å²) < 4.78 is 5.33. The van der Waals surface area contributed by atoms with Crippen molar-refractivity contribution in [3.63, 3.8) is 0 Å². The van der Waals surface area contributed by atoms with Gasteiger partial charge in [-0.2, -0.15) is 4.98 Å². The first-order chi connectivity index (χ1) is 10.9. The van der Waals surface area contributed by atoms with Gasteiger partial charge in [0.2, 0.25) is 5.89 Å². The minimum absolute atomic E-state index is 0.0790. The van der Waals surface area contributed by atoms with Crippen LogP contribution in [-0.4, -0.2) is 33.9 Å². The average molecular weight is 324 g/mol. The van der Waals surface area contributed by atoms with Gasteiger partial charge in [0, 0.05) is 5.92 Å². The third-order valence-corrected chi connectivity index (χ3v) is 3.93. The Hall–Kier alpha value is -1.63. The highest BCUT2D eigenvalue weighted by Gasteiger charge is 2.31. The van der Waals surface area contributed by atoms with E-state index < -0.39 is 0 Å². The lowest BCUT2D eigenvalue weighted by Gasteiger charge is -2.22. The first kappa shape index (κ1) is 17.7. The number of carbonyl (C=O) groups excluding carboxylic acids is 1. The van der Waals surface area contributed by atoms with Crippen LogP contribution in [0.25, 0.3) is 0 Å². The zero-order valence-corrected chi connectivity index (χ0v) is 14.4. The van der Waals surface area contributed by atoms with Crippen molar-refractivity contribution in [2.45, 2.75) is 65.0 Å². The quantitative estimate of drug-likeness (QED) is 0.681. The zero-order valence-electron chi connectivity index (χ0n) is 14.4. The molecule has 2 atom stereocenters. The summed E-state index contributed by atoms with van der Waals surface area (Å²) in [6.45, 7) is 8.01.